The number of aldehydes is 1. The molecule has 0 aromatic carbocycles. The van der Waals surface area contributed by atoms with Crippen LogP contribution in [0.1, 0.15) is 20.8 Å². The molecule has 0 aromatic rings. The van der Waals surface area contributed by atoms with Crippen LogP contribution < -0.4 is 0 Å². The van der Waals surface area contributed by atoms with Gasteiger partial charge >= 0.3 is 0 Å². The standard InChI is InChI=1S/C10H14O/c1-7-4-5-8(2)10(6-11)9(7)3/h4-6,8,10H,1-3H3. The maximum absolute atomic E-state index is 10.7. The summed E-state index contributed by atoms with van der Waals surface area (Å²) >= 11 is 0. The van der Waals surface area contributed by atoms with E-state index < -0.39 is 0 Å². The van der Waals surface area contributed by atoms with Crippen LogP contribution in [0.3, 0.4) is 0 Å². The average molecular weight is 150 g/mol. The molecule has 0 aromatic heterocycles. The van der Waals surface area contributed by atoms with Crippen molar-refractivity contribution < 1.29 is 4.79 Å². The maximum Gasteiger partial charge on any atom is 0.127 e. The molecule has 2 atom stereocenters. The minimum Gasteiger partial charge on any atom is -0.303 e. The molecule has 0 spiro atoms. The molecule has 0 heterocycles. The largest absolute Gasteiger partial charge is 0.303 e. The van der Waals surface area contributed by atoms with Crippen molar-refractivity contribution in [1.82, 2.24) is 0 Å². The van der Waals surface area contributed by atoms with E-state index in [1.807, 2.05) is 13.8 Å². The molecule has 0 fully saturated rings. The zero-order valence-corrected chi connectivity index (χ0v) is 7.29. The van der Waals surface area contributed by atoms with Crippen LogP contribution in [0.4, 0.5) is 0 Å². The van der Waals surface area contributed by atoms with Gasteiger partial charge < -0.3 is 4.79 Å². The molecule has 1 aliphatic rings. The van der Waals surface area contributed by atoms with Crippen molar-refractivity contribution in [3.63, 3.8) is 0 Å². The highest BCUT2D eigenvalue weighted by Gasteiger charge is 2.19. The lowest BCUT2D eigenvalue weighted by atomic mass is 9.82. The minimum absolute atomic E-state index is 0.111. The van der Waals surface area contributed by atoms with Crippen molar-refractivity contribution in [1.29, 1.82) is 0 Å². The summed E-state index contributed by atoms with van der Waals surface area (Å²) in [5.41, 5.74) is 2.45. The van der Waals surface area contributed by atoms with Crippen LogP contribution in [-0.4, -0.2) is 6.29 Å². The van der Waals surface area contributed by atoms with Crippen molar-refractivity contribution in [2.24, 2.45) is 11.8 Å². The normalized spacial score (nSPS) is 30.8. The number of carbonyl (C=O) groups is 1. The molecule has 0 aliphatic heterocycles. The van der Waals surface area contributed by atoms with Crippen LogP contribution >= 0.6 is 0 Å². The Labute approximate surface area is 67.8 Å². The second-order valence-electron chi connectivity index (χ2n) is 3.25. The fraction of sp³-hybridized carbons (Fsp3) is 0.500. The topological polar surface area (TPSA) is 17.1 Å². The van der Waals surface area contributed by atoms with E-state index in [1.165, 1.54) is 11.1 Å². The molecule has 2 unspecified atom stereocenters. The van der Waals surface area contributed by atoms with E-state index in [4.69, 9.17) is 0 Å². The molecule has 1 nitrogen and oxygen atoms in total. The second-order valence-corrected chi connectivity index (χ2v) is 3.25. The summed E-state index contributed by atoms with van der Waals surface area (Å²) in [4.78, 5) is 10.7. The maximum atomic E-state index is 10.7. The van der Waals surface area contributed by atoms with Gasteiger partial charge in [0.05, 0.1) is 0 Å². The van der Waals surface area contributed by atoms with E-state index in [0.29, 0.717) is 5.92 Å². The van der Waals surface area contributed by atoms with Gasteiger partial charge in [0.2, 0.25) is 0 Å². The first-order valence-electron chi connectivity index (χ1n) is 3.97. The fourth-order valence-corrected chi connectivity index (χ4v) is 1.43. The quantitative estimate of drug-likeness (QED) is 0.524. The van der Waals surface area contributed by atoms with Crippen LogP contribution in [0.5, 0.6) is 0 Å². The van der Waals surface area contributed by atoms with Crippen molar-refractivity contribution >= 4 is 6.29 Å². The van der Waals surface area contributed by atoms with Gasteiger partial charge in [0.25, 0.3) is 0 Å². The first kappa shape index (κ1) is 8.25. The Kier molecular flexibility index (Phi) is 2.28. The molecule has 1 heteroatoms. The second kappa shape index (κ2) is 3.04. The Morgan fingerprint density at radius 3 is 2.55 bits per heavy atom. The Bertz CT molecular complexity index is 223. The number of hydrogen-bond donors (Lipinski definition) is 0. The molecule has 0 bridgehead atoms. The van der Waals surface area contributed by atoms with Crippen molar-refractivity contribution in [3.05, 3.63) is 23.3 Å². The molecule has 0 N–H and O–H groups in total. The fourth-order valence-electron chi connectivity index (χ4n) is 1.43. The molecule has 0 amide bonds. The Balaban J connectivity index is 2.95. The van der Waals surface area contributed by atoms with Crippen molar-refractivity contribution in [2.45, 2.75) is 20.8 Å². The lowest BCUT2D eigenvalue weighted by Gasteiger charge is -2.21. The van der Waals surface area contributed by atoms with Gasteiger partial charge in [-0.25, -0.2) is 0 Å². The van der Waals surface area contributed by atoms with Crippen LogP contribution in [0.25, 0.3) is 0 Å². The van der Waals surface area contributed by atoms with E-state index in [-0.39, 0.29) is 5.92 Å². The van der Waals surface area contributed by atoms with Gasteiger partial charge in [-0.05, 0) is 19.8 Å². The summed E-state index contributed by atoms with van der Waals surface area (Å²) in [6.07, 6.45) is 5.24. The highest BCUT2D eigenvalue weighted by molar-refractivity contribution is 5.61. The van der Waals surface area contributed by atoms with Gasteiger partial charge in [-0.2, -0.15) is 0 Å². The number of hydrogen-bond acceptors (Lipinski definition) is 1. The SMILES string of the molecule is CC1=C(C)C(C=O)C(C)C=C1. The summed E-state index contributed by atoms with van der Waals surface area (Å²) in [6.45, 7) is 6.16. The molecule has 0 radical (unpaired) electrons. The van der Waals surface area contributed by atoms with Crippen LogP contribution in [0.2, 0.25) is 0 Å². The highest BCUT2D eigenvalue weighted by atomic mass is 16.1. The summed E-state index contributed by atoms with van der Waals surface area (Å²) < 4.78 is 0. The number of rotatable bonds is 1. The van der Waals surface area contributed by atoms with Gasteiger partial charge in [-0.3, -0.25) is 0 Å². The predicted molar refractivity (Wildman–Crippen MR) is 46.2 cm³/mol. The average Bonchev–Trinajstić information content (AvgIpc) is 1.99. The Morgan fingerprint density at radius 1 is 1.45 bits per heavy atom. The molecule has 11 heavy (non-hydrogen) atoms. The first-order valence-corrected chi connectivity index (χ1v) is 3.97. The first-order chi connectivity index (χ1) is 5.16. The zero-order valence-electron chi connectivity index (χ0n) is 7.29. The number of carbonyl (C=O) groups excluding carboxylic acids is 1. The van der Waals surface area contributed by atoms with Gasteiger partial charge in [0, 0.05) is 5.92 Å². The zero-order chi connectivity index (χ0) is 8.43. The molecule has 0 saturated carbocycles. The van der Waals surface area contributed by atoms with Gasteiger partial charge in [-0.1, -0.05) is 30.2 Å². The van der Waals surface area contributed by atoms with Crippen molar-refractivity contribution in [3.8, 4) is 0 Å². The predicted octanol–water partition coefficient (Wildman–Crippen LogP) is 2.34. The molecule has 60 valence electrons. The van der Waals surface area contributed by atoms with E-state index in [2.05, 4.69) is 19.1 Å². The number of allylic oxidation sites excluding steroid dienone is 4. The van der Waals surface area contributed by atoms with E-state index in [0.717, 1.165) is 6.29 Å². The third-order valence-electron chi connectivity index (χ3n) is 2.48. The molecule has 1 rings (SSSR count). The molecular weight excluding hydrogens is 136 g/mol. The molecule has 1 aliphatic carbocycles. The highest BCUT2D eigenvalue weighted by Crippen LogP contribution is 2.27. The van der Waals surface area contributed by atoms with Gasteiger partial charge in [-0.15, -0.1) is 0 Å². The van der Waals surface area contributed by atoms with Crippen LogP contribution in [-0.2, 0) is 4.79 Å². The summed E-state index contributed by atoms with van der Waals surface area (Å²) in [6, 6.07) is 0. The summed E-state index contributed by atoms with van der Waals surface area (Å²) in [5.74, 6) is 0.483. The van der Waals surface area contributed by atoms with Crippen molar-refractivity contribution in [2.75, 3.05) is 0 Å². The monoisotopic (exact) mass is 150 g/mol. The Hall–Kier alpha value is -0.850. The third-order valence-corrected chi connectivity index (χ3v) is 2.48. The van der Waals surface area contributed by atoms with E-state index in [9.17, 15) is 4.79 Å². The lowest BCUT2D eigenvalue weighted by Crippen LogP contribution is -2.16. The minimum atomic E-state index is 0.111. The lowest BCUT2D eigenvalue weighted by molar-refractivity contribution is -0.110. The molecular formula is C10H14O. The Morgan fingerprint density at radius 2 is 2.09 bits per heavy atom. The molecule has 0 saturated heterocycles. The third kappa shape index (κ3) is 1.42. The smallest absolute Gasteiger partial charge is 0.127 e. The summed E-state index contributed by atoms with van der Waals surface area (Å²) in [5, 5.41) is 0. The van der Waals surface area contributed by atoms with Crippen LogP contribution in [0, 0.1) is 11.8 Å². The van der Waals surface area contributed by atoms with Gasteiger partial charge in [0.1, 0.15) is 6.29 Å². The van der Waals surface area contributed by atoms with Crippen LogP contribution in [0.15, 0.2) is 23.3 Å². The summed E-state index contributed by atoms with van der Waals surface area (Å²) in [7, 11) is 0. The van der Waals surface area contributed by atoms with E-state index >= 15 is 0 Å². The van der Waals surface area contributed by atoms with E-state index in [1.54, 1.807) is 0 Å². The van der Waals surface area contributed by atoms with Gasteiger partial charge in [0.15, 0.2) is 0 Å².